The Labute approximate surface area is 50.3 Å². The lowest BCUT2D eigenvalue weighted by molar-refractivity contribution is 0.0678. The normalized spacial score (nSPS) is 47.5. The molecule has 46 valence electrons. The molecule has 2 nitrogen and oxygen atoms in total. The second kappa shape index (κ2) is 2.07. The molecular formula is C5H11BO2. The molecule has 3 unspecified atom stereocenters. The quantitative estimate of drug-likeness (QED) is 0.414. The Bertz CT molecular complexity index is 76.5. The zero-order chi connectivity index (χ0) is 6.15. The van der Waals surface area contributed by atoms with Gasteiger partial charge in [-0.3, -0.25) is 0 Å². The Kier molecular flexibility index (Phi) is 1.58. The summed E-state index contributed by atoms with van der Waals surface area (Å²) in [6, 6.07) is 0.0463. The van der Waals surface area contributed by atoms with Gasteiger partial charge in [-0.2, -0.15) is 0 Å². The Balaban J connectivity index is 2.39. The van der Waals surface area contributed by atoms with Gasteiger partial charge in [-0.05, 0) is 6.92 Å². The molecule has 1 aliphatic rings. The van der Waals surface area contributed by atoms with E-state index in [1.807, 2.05) is 14.8 Å². The molecule has 1 aliphatic heterocycles. The summed E-state index contributed by atoms with van der Waals surface area (Å²) in [5, 5.41) is 9.04. The summed E-state index contributed by atoms with van der Waals surface area (Å²) < 4.78 is 5.22. The average Bonchev–Trinajstić information content (AvgIpc) is 1.85. The highest BCUT2D eigenvalue weighted by molar-refractivity contribution is 6.11. The lowest BCUT2D eigenvalue weighted by Crippen LogP contribution is -2.19. The summed E-state index contributed by atoms with van der Waals surface area (Å²) in [4.78, 5) is 0. The van der Waals surface area contributed by atoms with Crippen LogP contribution in [0.25, 0.3) is 0 Å². The number of hydrogen-bond acceptors (Lipinski definition) is 2. The highest BCUT2D eigenvalue weighted by Crippen LogP contribution is 2.16. The van der Waals surface area contributed by atoms with Gasteiger partial charge in [0.25, 0.3) is 0 Å². The van der Waals surface area contributed by atoms with Crippen LogP contribution in [0.4, 0.5) is 0 Å². The van der Waals surface area contributed by atoms with Crippen LogP contribution >= 0.6 is 0 Å². The Morgan fingerprint density at radius 3 is 2.50 bits per heavy atom. The van der Waals surface area contributed by atoms with Crippen LogP contribution in [0.15, 0.2) is 0 Å². The molecule has 1 heterocycles. The Morgan fingerprint density at radius 1 is 1.75 bits per heavy atom. The van der Waals surface area contributed by atoms with Crippen LogP contribution < -0.4 is 0 Å². The van der Waals surface area contributed by atoms with Crippen molar-refractivity contribution in [3.63, 3.8) is 0 Å². The molecular weight excluding hydrogens is 103 g/mol. The predicted octanol–water partition coefficient (Wildman–Crippen LogP) is -0.885. The molecule has 0 radical (unpaired) electrons. The van der Waals surface area contributed by atoms with Gasteiger partial charge >= 0.3 is 0 Å². The summed E-state index contributed by atoms with van der Waals surface area (Å²) >= 11 is 0. The third kappa shape index (κ3) is 1.04. The first-order valence-corrected chi connectivity index (χ1v) is 3.03. The molecule has 1 rings (SSSR count). The fourth-order valence-corrected chi connectivity index (χ4v) is 1.04. The second-order valence-electron chi connectivity index (χ2n) is 2.45. The van der Waals surface area contributed by atoms with Crippen LogP contribution in [0.1, 0.15) is 13.3 Å². The third-order valence-corrected chi connectivity index (χ3v) is 1.56. The number of rotatable bonds is 0. The highest BCUT2D eigenvalue weighted by atomic mass is 16.5. The summed E-state index contributed by atoms with van der Waals surface area (Å²) in [6.45, 7) is 1.98. The molecule has 0 spiro atoms. The third-order valence-electron chi connectivity index (χ3n) is 1.56. The minimum Gasteiger partial charge on any atom is -0.391 e. The summed E-state index contributed by atoms with van der Waals surface area (Å²) in [6.07, 6.45) is 0.811. The van der Waals surface area contributed by atoms with Crippen molar-refractivity contribution in [2.45, 2.75) is 31.6 Å². The van der Waals surface area contributed by atoms with Crippen molar-refractivity contribution in [2.24, 2.45) is 0 Å². The predicted molar refractivity (Wildman–Crippen MR) is 33.5 cm³/mol. The van der Waals surface area contributed by atoms with Crippen LogP contribution in [0.3, 0.4) is 0 Å². The van der Waals surface area contributed by atoms with E-state index in [1.54, 1.807) is 0 Å². The molecule has 1 N–H and O–H groups in total. The van der Waals surface area contributed by atoms with E-state index in [1.165, 1.54) is 0 Å². The van der Waals surface area contributed by atoms with Gasteiger partial charge < -0.3 is 9.84 Å². The van der Waals surface area contributed by atoms with Gasteiger partial charge in [0.05, 0.1) is 18.2 Å². The Hall–Kier alpha value is -0.0151. The van der Waals surface area contributed by atoms with Crippen molar-refractivity contribution >= 4 is 7.85 Å². The fraction of sp³-hybridized carbons (Fsp3) is 1.00. The monoisotopic (exact) mass is 114 g/mol. The van der Waals surface area contributed by atoms with Gasteiger partial charge in [0.15, 0.2) is 0 Å². The number of ether oxygens (including phenoxy) is 1. The van der Waals surface area contributed by atoms with Gasteiger partial charge in [0, 0.05) is 6.42 Å². The first kappa shape index (κ1) is 6.11. The van der Waals surface area contributed by atoms with Crippen molar-refractivity contribution in [3.8, 4) is 0 Å². The topological polar surface area (TPSA) is 29.5 Å². The summed E-state index contributed by atoms with van der Waals surface area (Å²) in [5.41, 5.74) is 0. The van der Waals surface area contributed by atoms with E-state index in [2.05, 4.69) is 0 Å². The molecule has 1 fully saturated rings. The smallest absolute Gasteiger partial charge is 0.142 e. The van der Waals surface area contributed by atoms with E-state index in [0.29, 0.717) is 0 Å². The first-order chi connectivity index (χ1) is 3.70. The number of hydrogen-bond donors (Lipinski definition) is 1. The molecule has 0 aromatic carbocycles. The largest absolute Gasteiger partial charge is 0.391 e. The van der Waals surface area contributed by atoms with Crippen LogP contribution in [0.2, 0.25) is 0 Å². The van der Waals surface area contributed by atoms with E-state index < -0.39 is 0 Å². The highest BCUT2D eigenvalue weighted by Gasteiger charge is 2.26. The lowest BCUT2D eigenvalue weighted by atomic mass is 9.95. The molecule has 3 heteroatoms. The molecule has 0 bridgehead atoms. The minimum absolute atomic E-state index is 0.0463. The molecule has 0 aliphatic carbocycles. The molecule has 0 amide bonds. The SMILES string of the molecule is BC1OC(C)CC1O. The van der Waals surface area contributed by atoms with Crippen LogP contribution in [0.5, 0.6) is 0 Å². The van der Waals surface area contributed by atoms with Gasteiger partial charge in [-0.15, -0.1) is 0 Å². The van der Waals surface area contributed by atoms with Crippen molar-refractivity contribution in [1.29, 1.82) is 0 Å². The zero-order valence-electron chi connectivity index (χ0n) is 5.29. The van der Waals surface area contributed by atoms with Crippen LogP contribution in [-0.2, 0) is 4.74 Å². The standard InChI is InChI=1S/C5H11BO2/c1-3-2-4(7)5(6)8-3/h3-5,7H,2,6H2,1H3. The Morgan fingerprint density at radius 2 is 2.38 bits per heavy atom. The van der Waals surface area contributed by atoms with E-state index in [-0.39, 0.29) is 18.2 Å². The summed E-state index contributed by atoms with van der Waals surface area (Å²) in [5.74, 6) is 0. The summed E-state index contributed by atoms with van der Waals surface area (Å²) in [7, 11) is 1.90. The maximum absolute atomic E-state index is 9.04. The molecule has 8 heavy (non-hydrogen) atoms. The van der Waals surface area contributed by atoms with E-state index in [4.69, 9.17) is 9.84 Å². The van der Waals surface area contributed by atoms with Gasteiger partial charge in [-0.25, -0.2) is 0 Å². The molecule has 0 aromatic heterocycles. The van der Waals surface area contributed by atoms with Crippen molar-refractivity contribution < 1.29 is 9.84 Å². The molecule has 0 saturated carbocycles. The molecule has 3 atom stereocenters. The number of aliphatic hydroxyl groups is 1. The van der Waals surface area contributed by atoms with E-state index in [9.17, 15) is 0 Å². The van der Waals surface area contributed by atoms with Crippen molar-refractivity contribution in [2.75, 3.05) is 0 Å². The maximum atomic E-state index is 9.04. The number of aliphatic hydroxyl groups excluding tert-OH is 1. The fourth-order valence-electron chi connectivity index (χ4n) is 1.04. The van der Waals surface area contributed by atoms with Gasteiger partial charge in [0.2, 0.25) is 0 Å². The molecule has 1 saturated heterocycles. The average molecular weight is 114 g/mol. The van der Waals surface area contributed by atoms with E-state index in [0.717, 1.165) is 6.42 Å². The van der Waals surface area contributed by atoms with Gasteiger partial charge in [-0.1, -0.05) is 0 Å². The van der Waals surface area contributed by atoms with Crippen LogP contribution in [-0.4, -0.2) is 31.2 Å². The van der Waals surface area contributed by atoms with Crippen molar-refractivity contribution in [3.05, 3.63) is 0 Å². The van der Waals surface area contributed by atoms with E-state index >= 15 is 0 Å². The minimum atomic E-state index is -0.231. The van der Waals surface area contributed by atoms with Crippen LogP contribution in [0, 0.1) is 0 Å². The van der Waals surface area contributed by atoms with Crippen molar-refractivity contribution in [1.82, 2.24) is 0 Å². The molecule has 0 aromatic rings. The lowest BCUT2D eigenvalue weighted by Gasteiger charge is -2.04. The maximum Gasteiger partial charge on any atom is 0.142 e. The van der Waals surface area contributed by atoms with Gasteiger partial charge in [0.1, 0.15) is 7.85 Å². The zero-order valence-corrected chi connectivity index (χ0v) is 5.29. The second-order valence-corrected chi connectivity index (χ2v) is 2.45. The first-order valence-electron chi connectivity index (χ1n) is 3.03.